The summed E-state index contributed by atoms with van der Waals surface area (Å²) in [5.74, 6) is -0.0431. The molecule has 0 N–H and O–H groups in total. The highest BCUT2D eigenvalue weighted by Gasteiger charge is 2.19. The van der Waals surface area contributed by atoms with E-state index >= 15 is 0 Å². The van der Waals surface area contributed by atoms with Crippen LogP contribution >= 0.6 is 15.9 Å². The lowest BCUT2D eigenvalue weighted by Gasteiger charge is -2.15. The normalized spacial score (nSPS) is 14.3. The van der Waals surface area contributed by atoms with Crippen molar-refractivity contribution in [2.45, 2.75) is 19.4 Å². The first kappa shape index (κ1) is 15.0. The van der Waals surface area contributed by atoms with Crippen LogP contribution in [0.25, 0.3) is 11.3 Å². The maximum absolute atomic E-state index is 12.2. The van der Waals surface area contributed by atoms with E-state index in [1.807, 2.05) is 24.3 Å². The fraction of sp³-hybridized carbons (Fsp3) is 0.312. The Bertz CT molecular complexity index is 751. The van der Waals surface area contributed by atoms with Crippen LogP contribution in [0, 0.1) is 0 Å². The lowest BCUT2D eigenvalue weighted by molar-refractivity contribution is -0.131. The number of likely N-dealkylation sites (tertiary alicyclic amines) is 1. The van der Waals surface area contributed by atoms with Crippen molar-refractivity contribution in [1.29, 1.82) is 0 Å². The molecule has 6 heteroatoms. The fourth-order valence-corrected chi connectivity index (χ4v) is 2.96. The molecule has 0 aliphatic carbocycles. The Hall–Kier alpha value is -1.95. The molecule has 1 aliphatic heterocycles. The third-order valence-electron chi connectivity index (χ3n) is 3.73. The first-order valence-corrected chi connectivity index (χ1v) is 8.05. The third-order valence-corrected chi connectivity index (χ3v) is 4.22. The van der Waals surface area contributed by atoms with Crippen LogP contribution in [0.2, 0.25) is 0 Å². The Kier molecular flexibility index (Phi) is 4.38. The number of amides is 1. The molecule has 0 unspecified atom stereocenters. The van der Waals surface area contributed by atoms with E-state index in [-0.39, 0.29) is 18.0 Å². The van der Waals surface area contributed by atoms with Crippen LogP contribution in [-0.4, -0.2) is 33.7 Å². The first-order valence-electron chi connectivity index (χ1n) is 7.25. The van der Waals surface area contributed by atoms with E-state index in [0.717, 1.165) is 36.0 Å². The number of halogens is 1. The number of aromatic nitrogens is 2. The van der Waals surface area contributed by atoms with Crippen LogP contribution in [0.1, 0.15) is 12.8 Å². The van der Waals surface area contributed by atoms with Gasteiger partial charge in [-0.05, 0) is 31.0 Å². The van der Waals surface area contributed by atoms with Gasteiger partial charge in [0.05, 0.1) is 5.69 Å². The zero-order chi connectivity index (χ0) is 15.5. The average Bonchev–Trinajstić information content (AvgIpc) is 3.04. The van der Waals surface area contributed by atoms with Crippen molar-refractivity contribution in [3.8, 4) is 11.3 Å². The first-order chi connectivity index (χ1) is 10.6. The van der Waals surface area contributed by atoms with E-state index in [1.54, 1.807) is 11.0 Å². The third kappa shape index (κ3) is 3.27. The van der Waals surface area contributed by atoms with Crippen molar-refractivity contribution in [1.82, 2.24) is 14.7 Å². The standard InChI is InChI=1S/C16H16BrN3O2/c17-13-5-3-4-12(10-13)14-6-7-15(21)20(18-14)11-16(22)19-8-1-2-9-19/h3-7,10H,1-2,8-9,11H2. The summed E-state index contributed by atoms with van der Waals surface area (Å²) in [7, 11) is 0. The predicted molar refractivity (Wildman–Crippen MR) is 87.4 cm³/mol. The Balaban J connectivity index is 1.86. The van der Waals surface area contributed by atoms with Gasteiger partial charge in [-0.3, -0.25) is 9.59 Å². The van der Waals surface area contributed by atoms with Gasteiger partial charge in [0, 0.05) is 29.2 Å². The average molecular weight is 362 g/mol. The second kappa shape index (κ2) is 6.44. The minimum atomic E-state index is -0.258. The Labute approximate surface area is 136 Å². The Morgan fingerprint density at radius 3 is 2.68 bits per heavy atom. The van der Waals surface area contributed by atoms with Crippen molar-refractivity contribution in [2.24, 2.45) is 0 Å². The number of hydrogen-bond donors (Lipinski definition) is 0. The van der Waals surface area contributed by atoms with Crippen LogP contribution in [0.5, 0.6) is 0 Å². The minimum absolute atomic E-state index is 0.000671. The molecular weight excluding hydrogens is 346 g/mol. The molecule has 0 atom stereocenters. The smallest absolute Gasteiger partial charge is 0.267 e. The van der Waals surface area contributed by atoms with E-state index in [2.05, 4.69) is 21.0 Å². The summed E-state index contributed by atoms with van der Waals surface area (Å²) in [4.78, 5) is 25.9. The molecule has 1 saturated heterocycles. The molecule has 3 rings (SSSR count). The summed E-state index contributed by atoms with van der Waals surface area (Å²) in [6, 6.07) is 10.8. The Morgan fingerprint density at radius 2 is 1.95 bits per heavy atom. The molecule has 0 bridgehead atoms. The SMILES string of the molecule is O=C(Cn1nc(-c2cccc(Br)c2)ccc1=O)N1CCCC1. The van der Waals surface area contributed by atoms with Crippen LogP contribution in [0.3, 0.4) is 0 Å². The Morgan fingerprint density at radius 1 is 1.18 bits per heavy atom. The van der Waals surface area contributed by atoms with Crippen LogP contribution < -0.4 is 5.56 Å². The molecule has 2 aromatic rings. The largest absolute Gasteiger partial charge is 0.341 e. The quantitative estimate of drug-likeness (QED) is 0.842. The number of carbonyl (C=O) groups is 1. The van der Waals surface area contributed by atoms with Crippen LogP contribution in [0.15, 0.2) is 45.7 Å². The molecular formula is C16H16BrN3O2. The van der Waals surface area contributed by atoms with Crippen molar-refractivity contribution in [2.75, 3.05) is 13.1 Å². The van der Waals surface area contributed by atoms with E-state index < -0.39 is 0 Å². The summed E-state index contributed by atoms with van der Waals surface area (Å²) in [6.07, 6.45) is 2.07. The summed E-state index contributed by atoms with van der Waals surface area (Å²) in [6.45, 7) is 1.55. The predicted octanol–water partition coefficient (Wildman–Crippen LogP) is 2.30. The summed E-state index contributed by atoms with van der Waals surface area (Å²) >= 11 is 3.42. The monoisotopic (exact) mass is 361 g/mol. The molecule has 1 aliphatic rings. The molecule has 5 nitrogen and oxygen atoms in total. The highest BCUT2D eigenvalue weighted by atomic mass is 79.9. The van der Waals surface area contributed by atoms with Crippen LogP contribution in [-0.2, 0) is 11.3 Å². The maximum atomic E-state index is 12.2. The van der Waals surface area contributed by atoms with Gasteiger partial charge in [-0.15, -0.1) is 0 Å². The molecule has 0 saturated carbocycles. The maximum Gasteiger partial charge on any atom is 0.267 e. The number of rotatable bonds is 3. The molecule has 1 amide bonds. The van der Waals surface area contributed by atoms with Gasteiger partial charge in [0.2, 0.25) is 5.91 Å². The highest BCUT2D eigenvalue weighted by molar-refractivity contribution is 9.10. The lowest BCUT2D eigenvalue weighted by Crippen LogP contribution is -2.35. The highest BCUT2D eigenvalue weighted by Crippen LogP contribution is 2.20. The number of benzene rings is 1. The zero-order valence-electron chi connectivity index (χ0n) is 12.0. The van der Waals surface area contributed by atoms with Gasteiger partial charge >= 0.3 is 0 Å². The van der Waals surface area contributed by atoms with Crippen molar-refractivity contribution in [3.63, 3.8) is 0 Å². The van der Waals surface area contributed by atoms with Gasteiger partial charge < -0.3 is 4.90 Å². The summed E-state index contributed by atoms with van der Waals surface area (Å²) in [5.41, 5.74) is 1.32. The molecule has 22 heavy (non-hydrogen) atoms. The van der Waals surface area contributed by atoms with E-state index in [4.69, 9.17) is 0 Å². The molecule has 114 valence electrons. The van der Waals surface area contributed by atoms with Gasteiger partial charge in [0.1, 0.15) is 6.54 Å². The zero-order valence-corrected chi connectivity index (χ0v) is 13.6. The summed E-state index contributed by atoms with van der Waals surface area (Å²) < 4.78 is 2.19. The van der Waals surface area contributed by atoms with Gasteiger partial charge in [0.15, 0.2) is 0 Å². The topological polar surface area (TPSA) is 55.2 Å². The molecule has 1 fully saturated rings. The summed E-state index contributed by atoms with van der Waals surface area (Å²) in [5, 5.41) is 4.33. The van der Waals surface area contributed by atoms with E-state index in [0.29, 0.717) is 5.69 Å². The van der Waals surface area contributed by atoms with E-state index in [1.165, 1.54) is 10.7 Å². The molecule has 1 aromatic heterocycles. The molecule has 1 aromatic carbocycles. The second-order valence-corrected chi connectivity index (χ2v) is 6.23. The van der Waals surface area contributed by atoms with Crippen molar-refractivity contribution in [3.05, 3.63) is 51.2 Å². The molecule has 0 radical (unpaired) electrons. The fourth-order valence-electron chi connectivity index (χ4n) is 2.56. The second-order valence-electron chi connectivity index (χ2n) is 5.31. The van der Waals surface area contributed by atoms with Gasteiger partial charge in [0.25, 0.3) is 5.56 Å². The number of nitrogens with zero attached hydrogens (tertiary/aromatic N) is 3. The van der Waals surface area contributed by atoms with Crippen molar-refractivity contribution < 1.29 is 4.79 Å². The van der Waals surface area contributed by atoms with E-state index in [9.17, 15) is 9.59 Å². The number of carbonyl (C=O) groups excluding carboxylic acids is 1. The van der Waals surface area contributed by atoms with Crippen molar-refractivity contribution >= 4 is 21.8 Å². The van der Waals surface area contributed by atoms with Gasteiger partial charge in [-0.25, -0.2) is 4.68 Å². The number of hydrogen-bond acceptors (Lipinski definition) is 3. The molecule has 0 spiro atoms. The van der Waals surface area contributed by atoms with Crippen LogP contribution in [0.4, 0.5) is 0 Å². The minimum Gasteiger partial charge on any atom is -0.341 e. The van der Waals surface area contributed by atoms with Gasteiger partial charge in [-0.1, -0.05) is 28.1 Å². The lowest BCUT2D eigenvalue weighted by atomic mass is 10.1. The molecule has 2 heterocycles. The van der Waals surface area contributed by atoms with Gasteiger partial charge in [-0.2, -0.15) is 5.10 Å².